The Morgan fingerprint density at radius 3 is 2.87 bits per heavy atom. The van der Waals surface area contributed by atoms with E-state index in [4.69, 9.17) is 15.0 Å². The molecule has 13 heteroatoms. The number of aromatic nitrogens is 2. The molecule has 0 aliphatic carbocycles. The lowest BCUT2D eigenvalue weighted by Crippen LogP contribution is -2.32. The predicted octanol–water partition coefficient (Wildman–Crippen LogP) is 5.57. The highest BCUT2D eigenvalue weighted by Crippen LogP contribution is 2.33. The van der Waals surface area contributed by atoms with Crippen LogP contribution in [0.3, 0.4) is 0 Å². The molecule has 1 N–H and O–H groups in total. The average Bonchev–Trinajstić information content (AvgIpc) is 3.57. The Morgan fingerprint density at radius 1 is 1.18 bits per heavy atom. The van der Waals surface area contributed by atoms with Gasteiger partial charge in [0.1, 0.15) is 0 Å². The van der Waals surface area contributed by atoms with Crippen LogP contribution in [0.5, 0.6) is 0 Å². The number of nitrogens with one attached hydrogen (secondary N) is 1. The maximum Gasteiger partial charge on any atom is 0.360 e. The Balaban J connectivity index is 1.38. The fraction of sp³-hybridized carbons (Fsp3) is 0.308. The summed E-state index contributed by atoms with van der Waals surface area (Å²) in [6.45, 7) is 1.31. The topological polar surface area (TPSA) is 142 Å². The Morgan fingerprint density at radius 2 is 2.05 bits per heavy atom. The minimum atomic E-state index is -0.563. The number of amides is 1. The van der Waals surface area contributed by atoms with E-state index in [0.29, 0.717) is 48.3 Å². The van der Waals surface area contributed by atoms with Crippen LogP contribution in [-0.4, -0.2) is 48.8 Å². The highest BCUT2D eigenvalue weighted by Gasteiger charge is 2.27. The van der Waals surface area contributed by atoms with E-state index in [2.05, 4.69) is 30.2 Å². The Kier molecular flexibility index (Phi) is 8.33. The lowest BCUT2D eigenvalue weighted by atomic mass is 9.94. The zero-order chi connectivity index (χ0) is 27.2. The van der Waals surface area contributed by atoms with Gasteiger partial charge >= 0.3 is 5.97 Å². The normalized spacial score (nSPS) is 12.6. The molecule has 3 heterocycles. The number of esters is 1. The molecule has 0 radical (unpaired) electrons. The second kappa shape index (κ2) is 12.2. The zero-order valence-electron chi connectivity index (χ0n) is 21.1. The van der Waals surface area contributed by atoms with Crippen LogP contribution in [-0.2, 0) is 28.9 Å². The molecule has 11 nitrogen and oxygen atoms in total. The number of para-hydroxylation sites is 1. The number of fused-ring (bicyclic) bond motifs is 2. The molecular weight excluding hydrogens is 538 g/mol. The molecule has 0 saturated carbocycles. The van der Waals surface area contributed by atoms with Crippen LogP contribution in [0, 0.1) is 0 Å². The van der Waals surface area contributed by atoms with Gasteiger partial charge in [0.25, 0.3) is 5.91 Å². The van der Waals surface area contributed by atoms with Crippen molar-refractivity contribution < 1.29 is 19.1 Å². The molecule has 200 valence electrons. The van der Waals surface area contributed by atoms with Crippen molar-refractivity contribution in [3.8, 4) is 0 Å². The van der Waals surface area contributed by atoms with Gasteiger partial charge in [0, 0.05) is 42.1 Å². The van der Waals surface area contributed by atoms with Crippen molar-refractivity contribution in [1.29, 1.82) is 0 Å². The largest absolute Gasteiger partial charge is 0.434 e. The van der Waals surface area contributed by atoms with Crippen LogP contribution < -0.4 is 10.2 Å². The molecule has 0 unspecified atom stereocenters. The lowest BCUT2D eigenvalue weighted by molar-refractivity contribution is -0.0130. The number of thiazole rings is 2. The molecule has 1 aliphatic rings. The molecule has 1 amide bonds. The average molecular weight is 564 g/mol. The number of hydrogen-bond donors (Lipinski definition) is 1. The van der Waals surface area contributed by atoms with Gasteiger partial charge in [0.15, 0.2) is 22.7 Å². The quantitative estimate of drug-likeness (QED) is 0.0663. The zero-order valence-corrected chi connectivity index (χ0v) is 22.8. The van der Waals surface area contributed by atoms with Crippen LogP contribution in [0.1, 0.15) is 43.3 Å². The van der Waals surface area contributed by atoms with Crippen molar-refractivity contribution in [1.82, 2.24) is 9.97 Å². The second-order valence-electron chi connectivity index (χ2n) is 8.72. The van der Waals surface area contributed by atoms with E-state index < -0.39 is 5.97 Å². The standard InChI is InChI=1S/C26H25N7O4S2/c1-36-15-37-24(35)22-21(10-5-12-28-32-27)39-26(30-22)33-13-11-16-6-4-7-17(18(16)14-33)23(34)31-25-29-19-8-2-3-9-20(19)38-25/h2-4,6-9H,5,10-15H2,1H3,(H,29,31,34). The number of hydrogen-bond acceptors (Lipinski definition) is 10. The molecule has 1 aliphatic heterocycles. The molecule has 0 atom stereocenters. The maximum absolute atomic E-state index is 13.3. The molecule has 0 fully saturated rings. The third-order valence-corrected chi connectivity index (χ3v) is 8.34. The number of carbonyl (C=O) groups is 2. The number of rotatable bonds is 10. The van der Waals surface area contributed by atoms with Crippen molar-refractivity contribution >= 4 is 55.0 Å². The van der Waals surface area contributed by atoms with Crippen molar-refractivity contribution in [2.24, 2.45) is 5.11 Å². The molecule has 0 spiro atoms. The number of carbonyl (C=O) groups excluding carboxylic acids is 2. The van der Waals surface area contributed by atoms with Crippen LogP contribution >= 0.6 is 22.7 Å². The number of benzene rings is 2. The first-order valence-electron chi connectivity index (χ1n) is 12.3. The highest BCUT2D eigenvalue weighted by atomic mass is 32.1. The van der Waals surface area contributed by atoms with E-state index >= 15 is 0 Å². The summed E-state index contributed by atoms with van der Waals surface area (Å²) in [5.41, 5.74) is 12.3. The summed E-state index contributed by atoms with van der Waals surface area (Å²) in [7, 11) is 1.44. The van der Waals surface area contributed by atoms with Crippen LogP contribution in [0.15, 0.2) is 47.6 Å². The molecule has 2 aromatic carbocycles. The Hall–Kier alpha value is -4.03. The third-order valence-electron chi connectivity index (χ3n) is 6.22. The van der Waals surface area contributed by atoms with Gasteiger partial charge in [-0.15, -0.1) is 11.3 Å². The number of methoxy groups -OCH3 is 1. The number of nitrogens with zero attached hydrogens (tertiary/aromatic N) is 6. The SMILES string of the molecule is COCOC(=O)c1nc(N2CCc3cccc(C(=O)Nc4nc5ccccc5s4)c3C2)sc1CCCN=[N+]=[N-]. The van der Waals surface area contributed by atoms with E-state index in [1.54, 1.807) is 0 Å². The van der Waals surface area contributed by atoms with Crippen LogP contribution in [0.2, 0.25) is 0 Å². The first kappa shape index (κ1) is 26.6. The van der Waals surface area contributed by atoms with Crippen LogP contribution in [0.25, 0.3) is 20.7 Å². The molecule has 39 heavy (non-hydrogen) atoms. The molecule has 4 aromatic rings. The summed E-state index contributed by atoms with van der Waals surface area (Å²) in [6.07, 6.45) is 1.83. The highest BCUT2D eigenvalue weighted by molar-refractivity contribution is 7.22. The van der Waals surface area contributed by atoms with Gasteiger partial charge < -0.3 is 14.4 Å². The molecule has 0 bridgehead atoms. The number of anilines is 2. The summed E-state index contributed by atoms with van der Waals surface area (Å²) in [5, 5.41) is 7.76. The Labute approximate surface area is 232 Å². The maximum atomic E-state index is 13.3. The van der Waals surface area contributed by atoms with Gasteiger partial charge in [0.05, 0.1) is 10.2 Å². The fourth-order valence-electron chi connectivity index (χ4n) is 4.39. The monoisotopic (exact) mass is 563 g/mol. The summed E-state index contributed by atoms with van der Waals surface area (Å²) in [4.78, 5) is 40.8. The van der Waals surface area contributed by atoms with E-state index in [-0.39, 0.29) is 18.4 Å². The van der Waals surface area contributed by atoms with Gasteiger partial charge in [-0.3, -0.25) is 10.1 Å². The number of azide groups is 1. The minimum Gasteiger partial charge on any atom is -0.434 e. The third kappa shape index (κ3) is 6.02. The smallest absolute Gasteiger partial charge is 0.360 e. The van der Waals surface area contributed by atoms with Gasteiger partial charge in [-0.2, -0.15) is 0 Å². The summed E-state index contributed by atoms with van der Waals surface area (Å²) in [6, 6.07) is 13.5. The molecule has 0 saturated heterocycles. The number of aryl methyl sites for hydroxylation is 1. The lowest BCUT2D eigenvalue weighted by Gasteiger charge is -2.29. The van der Waals surface area contributed by atoms with Gasteiger partial charge in [-0.05, 0) is 54.1 Å². The Bertz CT molecular complexity index is 1530. The summed E-state index contributed by atoms with van der Waals surface area (Å²) >= 11 is 2.85. The van der Waals surface area contributed by atoms with Gasteiger partial charge in [0.2, 0.25) is 0 Å². The predicted molar refractivity (Wildman–Crippen MR) is 151 cm³/mol. The molecule has 2 aromatic heterocycles. The number of ether oxygens (including phenoxy) is 2. The fourth-order valence-corrected chi connectivity index (χ4v) is 6.36. The van der Waals surface area contributed by atoms with Crippen molar-refractivity contribution in [2.45, 2.75) is 25.8 Å². The summed E-state index contributed by atoms with van der Waals surface area (Å²) < 4.78 is 11.0. The van der Waals surface area contributed by atoms with Crippen molar-refractivity contribution in [3.63, 3.8) is 0 Å². The van der Waals surface area contributed by atoms with Crippen LogP contribution in [0.4, 0.5) is 10.3 Å². The first-order chi connectivity index (χ1) is 19.1. The summed E-state index contributed by atoms with van der Waals surface area (Å²) in [5.74, 6) is -0.777. The second-order valence-corrected chi connectivity index (χ2v) is 10.8. The first-order valence-corrected chi connectivity index (χ1v) is 13.9. The van der Waals surface area contributed by atoms with E-state index in [1.165, 1.54) is 29.8 Å². The van der Waals surface area contributed by atoms with Crippen molar-refractivity contribution in [3.05, 3.63) is 80.2 Å². The molecular formula is C26H25N7O4S2. The van der Waals surface area contributed by atoms with E-state index in [0.717, 1.165) is 32.6 Å². The van der Waals surface area contributed by atoms with Gasteiger partial charge in [-0.1, -0.05) is 40.7 Å². The van der Waals surface area contributed by atoms with Gasteiger partial charge in [-0.25, -0.2) is 14.8 Å². The minimum absolute atomic E-state index is 0.173. The molecule has 5 rings (SSSR count). The van der Waals surface area contributed by atoms with E-state index in [1.807, 2.05) is 42.5 Å². The van der Waals surface area contributed by atoms with Crippen molar-refractivity contribution in [2.75, 3.05) is 37.2 Å². The van der Waals surface area contributed by atoms with E-state index in [9.17, 15) is 9.59 Å².